The summed E-state index contributed by atoms with van der Waals surface area (Å²) in [6.07, 6.45) is 2.10. The molecule has 0 saturated heterocycles. The van der Waals surface area contributed by atoms with Crippen molar-refractivity contribution in [2.45, 2.75) is 72.8 Å². The van der Waals surface area contributed by atoms with Crippen LogP contribution in [0.15, 0.2) is 24.3 Å². The van der Waals surface area contributed by atoms with E-state index >= 15 is 0 Å². The Balaban J connectivity index is 2.79. The maximum absolute atomic E-state index is 12.5. The summed E-state index contributed by atoms with van der Waals surface area (Å²) in [5, 5.41) is 0. The minimum atomic E-state index is -0.849. The van der Waals surface area contributed by atoms with Crippen LogP contribution in [0.3, 0.4) is 0 Å². The first kappa shape index (κ1) is 23.5. The second-order valence-corrected chi connectivity index (χ2v) is 7.42. The van der Waals surface area contributed by atoms with E-state index < -0.39 is 12.1 Å². The van der Waals surface area contributed by atoms with Crippen LogP contribution in [0.4, 0.5) is 0 Å². The Morgan fingerprint density at radius 1 is 0.964 bits per heavy atom. The van der Waals surface area contributed by atoms with E-state index in [1.807, 2.05) is 47.6 Å². The van der Waals surface area contributed by atoms with Crippen molar-refractivity contribution in [2.24, 2.45) is 0 Å². The highest BCUT2D eigenvalue weighted by Gasteiger charge is 2.27. The number of benzene rings is 1. The van der Waals surface area contributed by atoms with E-state index in [9.17, 15) is 9.59 Å². The largest absolute Gasteiger partial charge is 0.493 e. The van der Waals surface area contributed by atoms with Crippen molar-refractivity contribution in [1.82, 2.24) is 4.90 Å². The molecule has 1 rings (SSSR count). The number of carbonyl (C=O) groups excluding carboxylic acids is 2. The zero-order valence-corrected chi connectivity index (χ0v) is 18.2. The molecule has 1 amide bonds. The number of esters is 1. The third-order valence-corrected chi connectivity index (χ3v) is 3.97. The molecular weight excluding hydrogens is 358 g/mol. The van der Waals surface area contributed by atoms with Crippen molar-refractivity contribution in [3.63, 3.8) is 0 Å². The van der Waals surface area contributed by atoms with E-state index in [0.29, 0.717) is 11.5 Å². The van der Waals surface area contributed by atoms with Crippen LogP contribution in [0.2, 0.25) is 0 Å². The molecule has 0 heterocycles. The molecule has 1 aromatic carbocycles. The van der Waals surface area contributed by atoms with E-state index in [1.165, 1.54) is 6.08 Å². The zero-order valence-electron chi connectivity index (χ0n) is 18.2. The lowest BCUT2D eigenvalue weighted by molar-refractivity contribution is -0.157. The van der Waals surface area contributed by atoms with Gasteiger partial charge in [-0.1, -0.05) is 6.07 Å². The molecule has 6 heteroatoms. The van der Waals surface area contributed by atoms with Gasteiger partial charge < -0.3 is 19.1 Å². The summed E-state index contributed by atoms with van der Waals surface area (Å²) in [7, 11) is 1.56. The van der Waals surface area contributed by atoms with Crippen LogP contribution >= 0.6 is 0 Å². The fourth-order valence-electron chi connectivity index (χ4n) is 2.88. The lowest BCUT2D eigenvalue weighted by Crippen LogP contribution is -2.47. The minimum absolute atomic E-state index is 0.0283. The van der Waals surface area contributed by atoms with Gasteiger partial charge in [-0.3, -0.25) is 4.79 Å². The van der Waals surface area contributed by atoms with Gasteiger partial charge in [0.05, 0.1) is 13.2 Å². The van der Waals surface area contributed by atoms with E-state index in [-0.39, 0.29) is 24.1 Å². The van der Waals surface area contributed by atoms with Gasteiger partial charge in [0.2, 0.25) is 0 Å². The predicted molar refractivity (Wildman–Crippen MR) is 110 cm³/mol. The lowest BCUT2D eigenvalue weighted by atomic mass is 10.2. The maximum Gasteiger partial charge on any atom is 0.331 e. The predicted octanol–water partition coefficient (Wildman–Crippen LogP) is 4.07. The van der Waals surface area contributed by atoms with Crippen molar-refractivity contribution >= 4 is 18.0 Å². The average molecular weight is 392 g/mol. The molecule has 0 aliphatic carbocycles. The summed E-state index contributed by atoms with van der Waals surface area (Å²) in [6.45, 7) is 13.2. The van der Waals surface area contributed by atoms with Gasteiger partial charge in [-0.25, -0.2) is 4.79 Å². The van der Waals surface area contributed by atoms with Crippen LogP contribution in [0.5, 0.6) is 11.5 Å². The molecule has 0 saturated carbocycles. The average Bonchev–Trinajstić information content (AvgIpc) is 2.59. The Hall–Kier alpha value is -2.50. The molecule has 0 bridgehead atoms. The van der Waals surface area contributed by atoms with E-state index in [0.717, 1.165) is 5.56 Å². The first-order valence-corrected chi connectivity index (χ1v) is 9.62. The summed E-state index contributed by atoms with van der Waals surface area (Å²) >= 11 is 0. The number of hydrogen-bond acceptors (Lipinski definition) is 5. The second kappa shape index (κ2) is 10.7. The SMILES string of the molecule is COc1cc(/C=C/C(=O)O[C@@H](C)C(=O)N(C(C)C)C(C)C)ccc1OC(C)C. The van der Waals surface area contributed by atoms with Crippen LogP contribution in [-0.4, -0.2) is 48.2 Å². The van der Waals surface area contributed by atoms with Crippen LogP contribution in [0.25, 0.3) is 6.08 Å². The van der Waals surface area contributed by atoms with Crippen LogP contribution < -0.4 is 9.47 Å². The van der Waals surface area contributed by atoms with Crippen molar-refractivity contribution in [2.75, 3.05) is 7.11 Å². The lowest BCUT2D eigenvalue weighted by Gasteiger charge is -2.32. The van der Waals surface area contributed by atoms with Crippen LogP contribution in [-0.2, 0) is 14.3 Å². The molecule has 0 aliphatic rings. The Kier molecular flexibility index (Phi) is 9.03. The van der Waals surface area contributed by atoms with Crippen LogP contribution in [0.1, 0.15) is 54.0 Å². The number of nitrogens with zero attached hydrogens (tertiary/aromatic N) is 1. The molecule has 0 N–H and O–H groups in total. The molecule has 0 fully saturated rings. The summed E-state index contributed by atoms with van der Waals surface area (Å²) in [5.74, 6) is 0.439. The molecule has 1 atom stereocenters. The Labute approximate surface area is 168 Å². The third-order valence-electron chi connectivity index (χ3n) is 3.97. The molecular formula is C22H33NO5. The standard InChI is InChI=1S/C22H33NO5/c1-14(2)23(15(3)4)22(25)17(7)28-21(24)12-10-18-9-11-19(27-16(5)6)20(13-18)26-8/h9-17H,1-8H3/b12-10+/t17-/m0/s1. The number of ether oxygens (including phenoxy) is 3. The molecule has 0 unspecified atom stereocenters. The first-order valence-electron chi connectivity index (χ1n) is 9.62. The smallest absolute Gasteiger partial charge is 0.331 e. The Morgan fingerprint density at radius 2 is 1.57 bits per heavy atom. The molecule has 1 aromatic rings. The molecule has 0 spiro atoms. The summed E-state index contributed by atoms with van der Waals surface area (Å²) in [4.78, 5) is 26.4. The van der Waals surface area contributed by atoms with Gasteiger partial charge in [-0.2, -0.15) is 0 Å². The molecule has 0 radical (unpaired) electrons. The zero-order chi connectivity index (χ0) is 21.4. The topological polar surface area (TPSA) is 65.1 Å². The van der Waals surface area contributed by atoms with E-state index in [4.69, 9.17) is 14.2 Å². The number of carbonyl (C=O) groups is 2. The Bertz CT molecular complexity index is 686. The molecule has 28 heavy (non-hydrogen) atoms. The number of amides is 1. The van der Waals surface area contributed by atoms with Gasteiger partial charge in [0.1, 0.15) is 0 Å². The minimum Gasteiger partial charge on any atom is -0.493 e. The third kappa shape index (κ3) is 6.91. The quantitative estimate of drug-likeness (QED) is 0.469. The normalized spacial score (nSPS) is 12.5. The molecule has 0 aliphatic heterocycles. The van der Waals surface area contributed by atoms with E-state index in [1.54, 1.807) is 37.1 Å². The van der Waals surface area contributed by atoms with Crippen molar-refractivity contribution in [1.29, 1.82) is 0 Å². The van der Waals surface area contributed by atoms with Crippen molar-refractivity contribution in [3.05, 3.63) is 29.8 Å². The van der Waals surface area contributed by atoms with Crippen molar-refractivity contribution < 1.29 is 23.8 Å². The molecule has 0 aromatic heterocycles. The number of methoxy groups -OCH3 is 1. The fourth-order valence-corrected chi connectivity index (χ4v) is 2.88. The molecule has 6 nitrogen and oxygen atoms in total. The molecule has 156 valence electrons. The highest BCUT2D eigenvalue weighted by Crippen LogP contribution is 2.29. The van der Waals surface area contributed by atoms with Gasteiger partial charge in [0.25, 0.3) is 5.91 Å². The monoisotopic (exact) mass is 391 g/mol. The van der Waals surface area contributed by atoms with Gasteiger partial charge in [0, 0.05) is 18.2 Å². The van der Waals surface area contributed by atoms with Gasteiger partial charge in [-0.05, 0) is 72.2 Å². The van der Waals surface area contributed by atoms with Gasteiger partial charge in [-0.15, -0.1) is 0 Å². The summed E-state index contributed by atoms with van der Waals surface area (Å²) < 4.78 is 16.3. The summed E-state index contributed by atoms with van der Waals surface area (Å²) in [5.41, 5.74) is 0.759. The maximum atomic E-state index is 12.5. The summed E-state index contributed by atoms with van der Waals surface area (Å²) in [6, 6.07) is 5.44. The highest BCUT2D eigenvalue weighted by atomic mass is 16.5. The van der Waals surface area contributed by atoms with Crippen molar-refractivity contribution in [3.8, 4) is 11.5 Å². The first-order chi connectivity index (χ1) is 13.1. The van der Waals surface area contributed by atoms with Gasteiger partial charge in [0.15, 0.2) is 17.6 Å². The highest BCUT2D eigenvalue weighted by molar-refractivity contribution is 5.90. The van der Waals surface area contributed by atoms with Crippen LogP contribution in [0, 0.1) is 0 Å². The second-order valence-electron chi connectivity index (χ2n) is 7.42. The van der Waals surface area contributed by atoms with Gasteiger partial charge >= 0.3 is 5.97 Å². The number of rotatable bonds is 9. The Morgan fingerprint density at radius 3 is 2.07 bits per heavy atom. The number of hydrogen-bond donors (Lipinski definition) is 0. The van der Waals surface area contributed by atoms with E-state index in [2.05, 4.69) is 0 Å². The fraction of sp³-hybridized carbons (Fsp3) is 0.545.